The molecule has 0 aromatic carbocycles. The van der Waals surface area contributed by atoms with Crippen LogP contribution in [0.5, 0.6) is 0 Å². The zero-order valence-electron chi connectivity index (χ0n) is 10.2. The molecule has 1 aliphatic rings. The number of hydrogen-bond acceptors (Lipinski definition) is 6. The Morgan fingerprint density at radius 2 is 2.11 bits per heavy atom. The number of hydrogen-bond donors (Lipinski definition) is 0. The van der Waals surface area contributed by atoms with Gasteiger partial charge >= 0.3 is 5.88 Å². The lowest BCUT2D eigenvalue weighted by atomic mass is 9.95. The highest BCUT2D eigenvalue weighted by Crippen LogP contribution is 2.31. The number of rotatable bonds is 3. The van der Waals surface area contributed by atoms with E-state index < -0.39 is 4.92 Å². The third-order valence-corrected chi connectivity index (χ3v) is 3.41. The fourth-order valence-corrected chi connectivity index (χ4v) is 2.47. The van der Waals surface area contributed by atoms with Gasteiger partial charge in [0, 0.05) is 0 Å². The molecule has 0 amide bonds. The van der Waals surface area contributed by atoms with Crippen LogP contribution in [-0.4, -0.2) is 25.1 Å². The van der Waals surface area contributed by atoms with Gasteiger partial charge in [-0.15, -0.1) is 5.10 Å². The van der Waals surface area contributed by atoms with E-state index in [9.17, 15) is 10.1 Å². The number of tetrazole rings is 1. The van der Waals surface area contributed by atoms with E-state index in [1.807, 2.05) is 0 Å². The van der Waals surface area contributed by atoms with Crippen LogP contribution < -0.4 is 0 Å². The Morgan fingerprint density at radius 3 is 2.79 bits per heavy atom. The molecule has 2 aromatic heterocycles. The zero-order valence-corrected chi connectivity index (χ0v) is 10.2. The van der Waals surface area contributed by atoms with E-state index in [4.69, 9.17) is 4.42 Å². The molecule has 0 spiro atoms. The van der Waals surface area contributed by atoms with Gasteiger partial charge in [0.05, 0.1) is 12.1 Å². The van der Waals surface area contributed by atoms with Crippen molar-refractivity contribution in [3.63, 3.8) is 0 Å². The van der Waals surface area contributed by atoms with Gasteiger partial charge in [-0.05, 0) is 29.3 Å². The largest absolute Gasteiger partial charge is 0.433 e. The van der Waals surface area contributed by atoms with Crippen molar-refractivity contribution in [3.05, 3.63) is 22.2 Å². The first kappa shape index (κ1) is 11.8. The van der Waals surface area contributed by atoms with Crippen LogP contribution in [0.4, 0.5) is 5.88 Å². The molecule has 19 heavy (non-hydrogen) atoms. The van der Waals surface area contributed by atoms with Crippen LogP contribution in [0.3, 0.4) is 0 Å². The average molecular weight is 263 g/mol. The molecule has 1 aliphatic carbocycles. The molecule has 0 N–H and O–H groups in total. The second-order valence-corrected chi connectivity index (χ2v) is 4.63. The Bertz CT molecular complexity index is 585. The van der Waals surface area contributed by atoms with E-state index in [0.717, 1.165) is 25.7 Å². The summed E-state index contributed by atoms with van der Waals surface area (Å²) >= 11 is 0. The Kier molecular flexibility index (Phi) is 2.98. The van der Waals surface area contributed by atoms with Crippen LogP contribution in [0, 0.1) is 10.1 Å². The predicted octanol–water partition coefficient (Wildman–Crippen LogP) is 2.35. The van der Waals surface area contributed by atoms with Gasteiger partial charge in [-0.1, -0.05) is 19.3 Å². The third kappa shape index (κ3) is 2.20. The smallest absolute Gasteiger partial charge is 0.397 e. The normalized spacial score (nSPS) is 16.6. The van der Waals surface area contributed by atoms with E-state index >= 15 is 0 Å². The van der Waals surface area contributed by atoms with Crippen LogP contribution in [0.1, 0.15) is 38.1 Å². The summed E-state index contributed by atoms with van der Waals surface area (Å²) in [6.07, 6.45) is 5.60. The number of aromatic nitrogens is 4. The average Bonchev–Trinajstić information content (AvgIpc) is 3.08. The van der Waals surface area contributed by atoms with Gasteiger partial charge < -0.3 is 4.42 Å². The quantitative estimate of drug-likeness (QED) is 0.622. The van der Waals surface area contributed by atoms with E-state index in [1.165, 1.54) is 18.6 Å². The molecule has 2 aromatic rings. The molecular weight excluding hydrogens is 250 g/mol. The van der Waals surface area contributed by atoms with E-state index in [0.29, 0.717) is 11.6 Å². The Morgan fingerprint density at radius 1 is 1.32 bits per heavy atom. The molecule has 1 fully saturated rings. The summed E-state index contributed by atoms with van der Waals surface area (Å²) in [6.45, 7) is 0. The standard InChI is InChI=1S/C11H13N5O3/c17-16(18)10-7-6-9(19-10)11-12-13-14-15(11)8-4-2-1-3-5-8/h6-8H,1-5H2. The fraction of sp³-hybridized carbons (Fsp3) is 0.545. The summed E-state index contributed by atoms with van der Waals surface area (Å²) in [6, 6.07) is 3.10. The molecule has 2 heterocycles. The maximum Gasteiger partial charge on any atom is 0.433 e. The number of furan rings is 1. The zero-order chi connectivity index (χ0) is 13.2. The van der Waals surface area contributed by atoms with E-state index in [2.05, 4.69) is 15.5 Å². The Hall–Kier alpha value is -2.25. The van der Waals surface area contributed by atoms with Gasteiger partial charge in [-0.3, -0.25) is 10.1 Å². The van der Waals surface area contributed by atoms with Crippen molar-refractivity contribution in [1.29, 1.82) is 0 Å². The van der Waals surface area contributed by atoms with Crippen molar-refractivity contribution in [2.45, 2.75) is 38.1 Å². The summed E-state index contributed by atoms with van der Waals surface area (Å²) in [5.41, 5.74) is 0. The molecule has 100 valence electrons. The predicted molar refractivity (Wildman–Crippen MR) is 64.3 cm³/mol. The monoisotopic (exact) mass is 263 g/mol. The van der Waals surface area contributed by atoms with Gasteiger partial charge in [-0.25, -0.2) is 4.68 Å². The summed E-state index contributed by atoms with van der Waals surface area (Å²) in [5, 5.41) is 22.2. The summed E-state index contributed by atoms with van der Waals surface area (Å²) in [7, 11) is 0. The summed E-state index contributed by atoms with van der Waals surface area (Å²) < 4.78 is 6.88. The minimum absolute atomic E-state index is 0.253. The van der Waals surface area contributed by atoms with E-state index in [1.54, 1.807) is 4.68 Å². The number of nitrogens with zero attached hydrogens (tertiary/aromatic N) is 5. The fourth-order valence-electron chi connectivity index (χ4n) is 2.47. The molecule has 0 bridgehead atoms. The molecule has 1 saturated carbocycles. The van der Waals surface area contributed by atoms with Crippen LogP contribution in [0.15, 0.2) is 16.5 Å². The van der Waals surface area contributed by atoms with E-state index in [-0.39, 0.29) is 11.9 Å². The molecule has 3 rings (SSSR count). The highest BCUT2D eigenvalue weighted by Gasteiger charge is 2.23. The molecule has 0 aliphatic heterocycles. The van der Waals surface area contributed by atoms with Gasteiger partial charge in [0.25, 0.3) is 0 Å². The van der Waals surface area contributed by atoms with Crippen molar-refractivity contribution in [3.8, 4) is 11.6 Å². The van der Waals surface area contributed by atoms with Crippen molar-refractivity contribution >= 4 is 5.88 Å². The van der Waals surface area contributed by atoms with Crippen molar-refractivity contribution in [2.24, 2.45) is 0 Å². The molecule has 0 unspecified atom stereocenters. The van der Waals surface area contributed by atoms with Gasteiger partial charge in [0.2, 0.25) is 5.82 Å². The highest BCUT2D eigenvalue weighted by molar-refractivity contribution is 5.48. The minimum atomic E-state index is -0.571. The maximum atomic E-state index is 10.6. The van der Waals surface area contributed by atoms with Crippen molar-refractivity contribution < 1.29 is 9.34 Å². The van der Waals surface area contributed by atoms with Crippen LogP contribution in [-0.2, 0) is 0 Å². The van der Waals surface area contributed by atoms with Gasteiger partial charge in [-0.2, -0.15) is 0 Å². The lowest BCUT2D eigenvalue weighted by Crippen LogP contribution is -2.15. The van der Waals surface area contributed by atoms with Crippen molar-refractivity contribution in [2.75, 3.05) is 0 Å². The maximum absolute atomic E-state index is 10.6. The minimum Gasteiger partial charge on any atom is -0.397 e. The summed E-state index contributed by atoms with van der Waals surface area (Å²) in [4.78, 5) is 10.1. The van der Waals surface area contributed by atoms with Crippen LogP contribution in [0.25, 0.3) is 11.6 Å². The first-order chi connectivity index (χ1) is 9.25. The lowest BCUT2D eigenvalue weighted by molar-refractivity contribution is -0.401. The van der Waals surface area contributed by atoms with Gasteiger partial charge in [0.1, 0.15) is 4.92 Å². The Balaban J connectivity index is 1.91. The molecule has 8 heteroatoms. The van der Waals surface area contributed by atoms with Crippen LogP contribution in [0.2, 0.25) is 0 Å². The summed E-state index contributed by atoms with van der Waals surface area (Å²) in [5.74, 6) is 0.496. The molecule has 0 atom stereocenters. The first-order valence-electron chi connectivity index (χ1n) is 6.28. The number of nitro groups is 1. The molecule has 0 radical (unpaired) electrons. The third-order valence-electron chi connectivity index (χ3n) is 3.41. The second kappa shape index (κ2) is 4.79. The lowest BCUT2D eigenvalue weighted by Gasteiger charge is -2.21. The molecule has 0 saturated heterocycles. The Labute approximate surface area is 108 Å². The first-order valence-corrected chi connectivity index (χ1v) is 6.28. The van der Waals surface area contributed by atoms with Crippen molar-refractivity contribution in [1.82, 2.24) is 20.2 Å². The molecule has 8 nitrogen and oxygen atoms in total. The highest BCUT2D eigenvalue weighted by atomic mass is 16.6. The second-order valence-electron chi connectivity index (χ2n) is 4.63. The van der Waals surface area contributed by atoms with Crippen LogP contribution >= 0.6 is 0 Å². The topological polar surface area (TPSA) is 99.9 Å². The molecular formula is C11H13N5O3. The SMILES string of the molecule is O=[N+]([O-])c1ccc(-c2nnnn2C2CCCCC2)o1. The van der Waals surface area contributed by atoms with Gasteiger partial charge in [0.15, 0.2) is 5.76 Å².